The van der Waals surface area contributed by atoms with E-state index in [4.69, 9.17) is 10.5 Å². The van der Waals surface area contributed by atoms with E-state index in [-0.39, 0.29) is 18.9 Å². The number of carbonyl (C=O) groups is 4. The smallest absolute Gasteiger partial charge is 0.291 e. The Morgan fingerprint density at radius 3 is 2.59 bits per heavy atom. The van der Waals surface area contributed by atoms with Gasteiger partial charge in [-0.3, -0.25) is 24.1 Å². The van der Waals surface area contributed by atoms with E-state index < -0.39 is 41.1 Å². The Kier molecular flexibility index (Phi) is 4.52. The standard InChI is InChI=1S/C23H22N4O5/c1-32-16-9-5-2-6-12(16)11-27-20(29)18-15(10-17(24)28)26-23(19(18)21(27)30)13-7-3-4-8-14(13)25-22(23)31/h2-9,15,18-19,26H,10-11H2,1H3,(H2,24,28)(H,25,31)/p+1/t15-,18-,19+,23-/m0/s1. The van der Waals surface area contributed by atoms with E-state index in [9.17, 15) is 19.2 Å². The number of nitrogens with zero attached hydrogens (tertiary/aromatic N) is 1. The summed E-state index contributed by atoms with van der Waals surface area (Å²) in [4.78, 5) is 53.5. The van der Waals surface area contributed by atoms with Crippen LogP contribution in [0.25, 0.3) is 0 Å². The Labute approximate surface area is 183 Å². The molecule has 2 aromatic rings. The molecule has 0 aliphatic carbocycles. The number of carbonyl (C=O) groups excluding carboxylic acids is 4. The highest BCUT2D eigenvalue weighted by Gasteiger charge is 2.74. The van der Waals surface area contributed by atoms with Crippen molar-refractivity contribution in [3.63, 3.8) is 0 Å². The molecule has 3 aliphatic heterocycles. The number of benzene rings is 2. The summed E-state index contributed by atoms with van der Waals surface area (Å²) in [5, 5.41) is 4.55. The van der Waals surface area contributed by atoms with Crippen LogP contribution in [0.5, 0.6) is 5.75 Å². The Balaban J connectivity index is 1.60. The quantitative estimate of drug-likeness (QED) is 0.543. The monoisotopic (exact) mass is 435 g/mol. The summed E-state index contributed by atoms with van der Waals surface area (Å²) in [5.41, 5.74) is 6.08. The zero-order valence-corrected chi connectivity index (χ0v) is 17.4. The number of ether oxygens (including phenoxy) is 1. The van der Waals surface area contributed by atoms with Crippen molar-refractivity contribution < 1.29 is 29.2 Å². The number of quaternary nitrogens is 1. The lowest BCUT2D eigenvalue weighted by molar-refractivity contribution is -0.732. The van der Waals surface area contributed by atoms with Gasteiger partial charge in [-0.25, -0.2) is 0 Å². The van der Waals surface area contributed by atoms with Crippen LogP contribution in [-0.2, 0) is 31.3 Å². The molecule has 9 nitrogen and oxygen atoms in total. The third kappa shape index (κ3) is 2.67. The van der Waals surface area contributed by atoms with E-state index in [0.29, 0.717) is 22.6 Å². The van der Waals surface area contributed by atoms with Crippen LogP contribution in [-0.4, -0.2) is 41.7 Å². The molecule has 2 fully saturated rings. The van der Waals surface area contributed by atoms with Crippen molar-refractivity contribution >= 4 is 29.3 Å². The minimum Gasteiger partial charge on any atom is -0.496 e. The van der Waals surface area contributed by atoms with Crippen LogP contribution in [0, 0.1) is 11.8 Å². The van der Waals surface area contributed by atoms with Gasteiger partial charge < -0.3 is 21.1 Å². The summed E-state index contributed by atoms with van der Waals surface area (Å²) >= 11 is 0. The molecule has 4 atom stereocenters. The van der Waals surface area contributed by atoms with Crippen LogP contribution in [0.1, 0.15) is 17.5 Å². The lowest BCUT2D eigenvalue weighted by Crippen LogP contribution is -2.99. The fraction of sp³-hybridized carbons (Fsp3) is 0.304. The van der Waals surface area contributed by atoms with Crippen LogP contribution >= 0.6 is 0 Å². The molecule has 5 rings (SSSR count). The third-order valence-electron chi connectivity index (χ3n) is 6.83. The molecule has 0 saturated carbocycles. The maximum absolute atomic E-state index is 13.7. The highest BCUT2D eigenvalue weighted by Crippen LogP contribution is 2.49. The van der Waals surface area contributed by atoms with Crippen molar-refractivity contribution in [2.24, 2.45) is 17.6 Å². The number of para-hydroxylation sites is 2. The molecular formula is C23H23N4O5+. The first kappa shape index (κ1) is 20.2. The molecule has 0 aromatic heterocycles. The molecule has 2 aromatic carbocycles. The number of amides is 4. The van der Waals surface area contributed by atoms with E-state index in [2.05, 4.69) is 5.32 Å². The van der Waals surface area contributed by atoms with E-state index in [1.54, 1.807) is 53.8 Å². The first-order chi connectivity index (χ1) is 15.4. The molecule has 3 heterocycles. The fourth-order valence-corrected chi connectivity index (χ4v) is 5.56. The van der Waals surface area contributed by atoms with Gasteiger partial charge in [-0.05, 0) is 12.1 Å². The van der Waals surface area contributed by atoms with Crippen molar-refractivity contribution in [2.75, 3.05) is 12.4 Å². The van der Waals surface area contributed by atoms with Gasteiger partial charge in [0.25, 0.3) is 5.91 Å². The summed E-state index contributed by atoms with van der Waals surface area (Å²) < 4.78 is 5.37. The van der Waals surface area contributed by atoms with E-state index in [1.807, 2.05) is 0 Å². The Hall–Kier alpha value is -3.72. The van der Waals surface area contributed by atoms with Gasteiger partial charge in [0.1, 0.15) is 23.6 Å². The van der Waals surface area contributed by atoms with Gasteiger partial charge in [0, 0.05) is 11.1 Å². The number of nitrogens with one attached hydrogen (secondary N) is 1. The van der Waals surface area contributed by atoms with Gasteiger partial charge in [-0.2, -0.15) is 0 Å². The SMILES string of the molecule is COc1ccccc1CN1C(=O)[C@H]2[C@H](CC(N)=O)[NH2+][C@]3(C(=O)Nc4ccccc43)[C@H]2C1=O. The van der Waals surface area contributed by atoms with Crippen molar-refractivity contribution in [3.05, 3.63) is 59.7 Å². The minimum absolute atomic E-state index is 0.0251. The summed E-state index contributed by atoms with van der Waals surface area (Å²) in [6.07, 6.45) is -0.111. The van der Waals surface area contributed by atoms with Crippen molar-refractivity contribution in [1.29, 1.82) is 0 Å². The molecule has 32 heavy (non-hydrogen) atoms. The molecule has 0 radical (unpaired) electrons. The maximum Gasteiger partial charge on any atom is 0.291 e. The van der Waals surface area contributed by atoms with Crippen LogP contribution in [0.2, 0.25) is 0 Å². The van der Waals surface area contributed by atoms with E-state index in [1.165, 1.54) is 12.0 Å². The lowest BCUT2D eigenvalue weighted by Gasteiger charge is -2.26. The first-order valence-electron chi connectivity index (χ1n) is 10.4. The van der Waals surface area contributed by atoms with Gasteiger partial charge >= 0.3 is 0 Å². The number of primary amides is 1. The number of hydrogen-bond donors (Lipinski definition) is 3. The zero-order valence-electron chi connectivity index (χ0n) is 17.4. The molecule has 4 amide bonds. The third-order valence-corrected chi connectivity index (χ3v) is 6.83. The zero-order chi connectivity index (χ0) is 22.6. The summed E-state index contributed by atoms with van der Waals surface area (Å²) in [7, 11) is 1.52. The molecule has 3 aliphatic rings. The fourth-order valence-electron chi connectivity index (χ4n) is 5.56. The van der Waals surface area contributed by atoms with Crippen LogP contribution in [0.3, 0.4) is 0 Å². The predicted molar refractivity (Wildman–Crippen MR) is 112 cm³/mol. The molecule has 164 valence electrons. The number of fused-ring (bicyclic) bond motifs is 4. The van der Waals surface area contributed by atoms with E-state index >= 15 is 0 Å². The molecule has 5 N–H and O–H groups in total. The summed E-state index contributed by atoms with van der Waals surface area (Å²) in [6.45, 7) is 0.0251. The molecule has 9 heteroatoms. The van der Waals surface area contributed by atoms with Crippen molar-refractivity contribution in [2.45, 2.75) is 24.5 Å². The van der Waals surface area contributed by atoms with Crippen LogP contribution < -0.4 is 21.1 Å². The van der Waals surface area contributed by atoms with Gasteiger partial charge in [-0.15, -0.1) is 0 Å². The number of likely N-dealkylation sites (tertiary alicyclic amines) is 1. The van der Waals surface area contributed by atoms with E-state index in [0.717, 1.165) is 0 Å². The lowest BCUT2D eigenvalue weighted by atomic mass is 9.76. The minimum atomic E-state index is -1.32. The second kappa shape index (κ2) is 7.16. The number of rotatable bonds is 5. The molecular weight excluding hydrogens is 412 g/mol. The van der Waals surface area contributed by atoms with Crippen LogP contribution in [0.4, 0.5) is 5.69 Å². The highest BCUT2D eigenvalue weighted by molar-refractivity contribution is 6.14. The summed E-state index contributed by atoms with van der Waals surface area (Å²) in [5.74, 6) is -2.98. The Morgan fingerprint density at radius 2 is 1.84 bits per heavy atom. The molecule has 1 spiro atoms. The van der Waals surface area contributed by atoms with Gasteiger partial charge in [0.05, 0.1) is 25.8 Å². The first-order valence-corrected chi connectivity index (χ1v) is 10.4. The number of imide groups is 1. The average molecular weight is 435 g/mol. The Morgan fingerprint density at radius 1 is 1.12 bits per heavy atom. The molecule has 2 saturated heterocycles. The van der Waals surface area contributed by atoms with Crippen LogP contribution in [0.15, 0.2) is 48.5 Å². The summed E-state index contributed by atoms with van der Waals surface area (Å²) in [6, 6.07) is 13.7. The number of methoxy groups -OCH3 is 1. The van der Waals surface area contributed by atoms with Crippen molar-refractivity contribution in [3.8, 4) is 5.75 Å². The maximum atomic E-state index is 13.7. The number of hydrogen-bond acceptors (Lipinski definition) is 5. The second-order valence-electron chi connectivity index (χ2n) is 8.45. The largest absolute Gasteiger partial charge is 0.496 e. The highest BCUT2D eigenvalue weighted by atomic mass is 16.5. The van der Waals surface area contributed by atoms with Gasteiger partial charge in [0.15, 0.2) is 0 Å². The normalized spacial score (nSPS) is 28.1. The molecule has 0 unspecified atom stereocenters. The number of anilines is 1. The second-order valence-corrected chi connectivity index (χ2v) is 8.45. The van der Waals surface area contributed by atoms with Crippen molar-refractivity contribution in [1.82, 2.24) is 4.90 Å². The average Bonchev–Trinajstić information content (AvgIpc) is 3.34. The van der Waals surface area contributed by atoms with Gasteiger partial charge in [-0.1, -0.05) is 36.4 Å². The predicted octanol–water partition coefficient (Wildman–Crippen LogP) is -0.535. The molecule has 0 bridgehead atoms. The number of nitrogens with two attached hydrogens (primary N) is 2. The topological polar surface area (TPSA) is 135 Å². The van der Waals surface area contributed by atoms with Gasteiger partial charge in [0.2, 0.25) is 23.3 Å². The Bertz CT molecular complexity index is 1160.